The molecule has 1 aliphatic heterocycles. The zero-order chi connectivity index (χ0) is 14.3. The van der Waals surface area contributed by atoms with E-state index < -0.39 is 22.1 Å². The molecule has 2 atom stereocenters. The maximum Gasteiger partial charge on any atom is 0.294 e. The standard InChI is InChI=1S/C7H8O3S.C5H7F2N/c1-6-2-4-7(5-3-6)11(8,9)10;6-5(7)3-1-2-8-4(3)5/h2-5H,1H3,(H,8,9,10);3-4,8H,1-2H2. The summed E-state index contributed by atoms with van der Waals surface area (Å²) in [5, 5.41) is 2.73. The van der Waals surface area contributed by atoms with Crippen LogP contribution in [0.25, 0.3) is 0 Å². The van der Waals surface area contributed by atoms with Crippen LogP contribution in [0.1, 0.15) is 12.0 Å². The third-order valence-electron chi connectivity index (χ3n) is 3.34. The van der Waals surface area contributed by atoms with Gasteiger partial charge in [0.05, 0.1) is 10.9 Å². The minimum absolute atomic E-state index is 0.0666. The summed E-state index contributed by atoms with van der Waals surface area (Å²) >= 11 is 0. The van der Waals surface area contributed by atoms with Gasteiger partial charge >= 0.3 is 0 Å². The lowest BCUT2D eigenvalue weighted by molar-refractivity contribution is 0.0805. The maximum atomic E-state index is 12.2. The predicted molar refractivity (Wildman–Crippen MR) is 65.8 cm³/mol. The molecule has 2 fully saturated rings. The van der Waals surface area contributed by atoms with Gasteiger partial charge in [-0.05, 0) is 32.0 Å². The van der Waals surface area contributed by atoms with Gasteiger partial charge in [-0.15, -0.1) is 0 Å². The first-order valence-corrected chi connectivity index (χ1v) is 7.32. The Balaban J connectivity index is 0.000000146. The summed E-state index contributed by atoms with van der Waals surface area (Å²) in [6.07, 6.45) is 0.664. The monoisotopic (exact) mass is 291 g/mol. The van der Waals surface area contributed by atoms with E-state index in [0.717, 1.165) is 12.1 Å². The Morgan fingerprint density at radius 3 is 2.21 bits per heavy atom. The van der Waals surface area contributed by atoms with E-state index in [1.807, 2.05) is 6.92 Å². The predicted octanol–water partition coefficient (Wildman–Crippen LogP) is 1.86. The minimum atomic E-state index is -4.02. The number of aryl methyl sites for hydroxylation is 1. The fourth-order valence-electron chi connectivity index (χ4n) is 2.13. The van der Waals surface area contributed by atoms with Crippen molar-refractivity contribution in [3.63, 3.8) is 0 Å². The molecule has 3 rings (SSSR count). The van der Waals surface area contributed by atoms with Crippen LogP contribution in [-0.2, 0) is 10.1 Å². The van der Waals surface area contributed by atoms with Crippen LogP contribution in [0.15, 0.2) is 29.2 Å². The van der Waals surface area contributed by atoms with E-state index in [-0.39, 0.29) is 10.8 Å². The molecule has 2 unspecified atom stereocenters. The highest BCUT2D eigenvalue weighted by molar-refractivity contribution is 7.85. The van der Waals surface area contributed by atoms with E-state index in [1.165, 1.54) is 12.1 Å². The van der Waals surface area contributed by atoms with E-state index in [0.29, 0.717) is 6.42 Å². The van der Waals surface area contributed by atoms with Crippen molar-refractivity contribution in [1.82, 2.24) is 5.32 Å². The third kappa shape index (κ3) is 3.10. The first kappa shape index (κ1) is 14.4. The average Bonchev–Trinajstić information content (AvgIpc) is 2.69. The van der Waals surface area contributed by atoms with Crippen LogP contribution < -0.4 is 5.32 Å². The van der Waals surface area contributed by atoms with Gasteiger partial charge in [0.15, 0.2) is 0 Å². The van der Waals surface area contributed by atoms with Crippen molar-refractivity contribution < 1.29 is 21.8 Å². The molecule has 0 bridgehead atoms. The zero-order valence-corrected chi connectivity index (χ0v) is 11.1. The number of nitrogens with one attached hydrogen (secondary N) is 1. The van der Waals surface area contributed by atoms with Crippen LogP contribution in [0.3, 0.4) is 0 Å². The van der Waals surface area contributed by atoms with Gasteiger partial charge in [0.25, 0.3) is 16.0 Å². The second kappa shape index (κ2) is 4.81. The summed E-state index contributed by atoms with van der Waals surface area (Å²) in [5.74, 6) is -2.67. The van der Waals surface area contributed by atoms with Crippen LogP contribution >= 0.6 is 0 Å². The Labute approximate surface area is 110 Å². The highest BCUT2D eigenvalue weighted by Gasteiger charge is 2.69. The number of rotatable bonds is 1. The summed E-state index contributed by atoms with van der Waals surface area (Å²) in [6, 6.07) is 5.53. The molecule has 19 heavy (non-hydrogen) atoms. The molecule has 1 saturated carbocycles. The van der Waals surface area contributed by atoms with Crippen LogP contribution in [-0.4, -0.2) is 31.5 Å². The van der Waals surface area contributed by atoms with Crippen molar-refractivity contribution in [2.45, 2.75) is 30.2 Å². The molecule has 0 aromatic heterocycles. The van der Waals surface area contributed by atoms with Crippen molar-refractivity contribution in [1.29, 1.82) is 0 Å². The molecule has 1 saturated heterocycles. The summed E-state index contributed by atoms with van der Waals surface area (Å²) in [4.78, 5) is -0.0666. The summed E-state index contributed by atoms with van der Waals surface area (Å²) in [6.45, 7) is 2.62. The van der Waals surface area contributed by atoms with Crippen molar-refractivity contribution >= 4 is 10.1 Å². The number of alkyl halides is 2. The molecule has 106 valence electrons. The molecular formula is C12H15F2NO3S. The third-order valence-corrected chi connectivity index (χ3v) is 4.21. The Morgan fingerprint density at radius 2 is 1.89 bits per heavy atom. The molecule has 4 nitrogen and oxygen atoms in total. The number of hydrogen-bond acceptors (Lipinski definition) is 3. The fraction of sp³-hybridized carbons (Fsp3) is 0.500. The van der Waals surface area contributed by atoms with Crippen LogP contribution in [0.5, 0.6) is 0 Å². The van der Waals surface area contributed by atoms with Gasteiger partial charge < -0.3 is 5.32 Å². The largest absolute Gasteiger partial charge is 0.308 e. The van der Waals surface area contributed by atoms with Crippen molar-refractivity contribution in [2.24, 2.45) is 5.92 Å². The number of halogens is 2. The lowest BCUT2D eigenvalue weighted by atomic mass is 10.2. The Morgan fingerprint density at radius 1 is 1.32 bits per heavy atom. The number of piperidine rings is 1. The molecule has 2 N–H and O–H groups in total. The number of benzene rings is 1. The lowest BCUT2D eigenvalue weighted by Crippen LogP contribution is -2.20. The molecule has 0 spiro atoms. The van der Waals surface area contributed by atoms with Crippen LogP contribution in [0, 0.1) is 12.8 Å². The molecule has 0 radical (unpaired) electrons. The SMILES string of the molecule is Cc1ccc(S(=O)(=O)O)cc1.FC1(F)C2CCNC21. The summed E-state index contributed by atoms with van der Waals surface area (Å²) in [5.41, 5.74) is 0.956. The van der Waals surface area contributed by atoms with Crippen molar-refractivity contribution in [3.8, 4) is 0 Å². The van der Waals surface area contributed by atoms with E-state index in [1.54, 1.807) is 12.1 Å². The second-order valence-electron chi connectivity index (χ2n) is 4.79. The number of hydrogen-bond donors (Lipinski definition) is 2. The summed E-state index contributed by atoms with van der Waals surface area (Å²) in [7, 11) is -4.02. The lowest BCUT2D eigenvalue weighted by Gasteiger charge is -1.98. The first-order chi connectivity index (χ1) is 8.73. The molecule has 7 heteroatoms. The quantitative estimate of drug-likeness (QED) is 0.775. The highest BCUT2D eigenvalue weighted by atomic mass is 32.2. The minimum Gasteiger partial charge on any atom is -0.308 e. The molecule has 1 aromatic carbocycles. The van der Waals surface area contributed by atoms with Crippen molar-refractivity contribution in [2.75, 3.05) is 6.54 Å². The highest BCUT2D eigenvalue weighted by Crippen LogP contribution is 2.53. The molecular weight excluding hydrogens is 276 g/mol. The summed E-state index contributed by atoms with van der Waals surface area (Å²) < 4.78 is 53.9. The molecule has 0 amide bonds. The second-order valence-corrected chi connectivity index (χ2v) is 6.21. The number of fused-ring (bicyclic) bond motifs is 1. The molecule has 1 aromatic rings. The van der Waals surface area contributed by atoms with E-state index >= 15 is 0 Å². The molecule has 1 aliphatic carbocycles. The average molecular weight is 291 g/mol. The fourth-order valence-corrected chi connectivity index (χ4v) is 2.61. The van der Waals surface area contributed by atoms with Crippen molar-refractivity contribution in [3.05, 3.63) is 29.8 Å². The Hall–Kier alpha value is -1.05. The Kier molecular flexibility index (Phi) is 3.63. The van der Waals surface area contributed by atoms with Gasteiger partial charge in [-0.3, -0.25) is 4.55 Å². The van der Waals surface area contributed by atoms with Gasteiger partial charge in [0.1, 0.15) is 0 Å². The maximum absolute atomic E-state index is 12.2. The van der Waals surface area contributed by atoms with Gasteiger partial charge in [-0.2, -0.15) is 8.42 Å². The molecule has 2 aliphatic rings. The smallest absolute Gasteiger partial charge is 0.294 e. The van der Waals surface area contributed by atoms with Gasteiger partial charge in [0.2, 0.25) is 0 Å². The van der Waals surface area contributed by atoms with Crippen LogP contribution in [0.4, 0.5) is 8.78 Å². The van der Waals surface area contributed by atoms with E-state index in [2.05, 4.69) is 5.32 Å². The van der Waals surface area contributed by atoms with E-state index in [9.17, 15) is 17.2 Å². The van der Waals surface area contributed by atoms with Gasteiger partial charge in [-0.25, -0.2) is 8.78 Å². The van der Waals surface area contributed by atoms with Gasteiger partial charge in [0, 0.05) is 5.92 Å². The van der Waals surface area contributed by atoms with Crippen LogP contribution in [0.2, 0.25) is 0 Å². The Bertz CT molecular complexity index is 545. The molecule has 1 heterocycles. The first-order valence-electron chi connectivity index (χ1n) is 5.88. The van der Waals surface area contributed by atoms with Gasteiger partial charge in [-0.1, -0.05) is 17.7 Å². The topological polar surface area (TPSA) is 66.4 Å². The normalized spacial score (nSPS) is 27.2. The zero-order valence-electron chi connectivity index (χ0n) is 10.3. The van der Waals surface area contributed by atoms with E-state index in [4.69, 9.17) is 4.55 Å².